The van der Waals surface area contributed by atoms with Gasteiger partial charge >= 0.3 is 0 Å². The summed E-state index contributed by atoms with van der Waals surface area (Å²) in [6.45, 7) is 2.65. The van der Waals surface area contributed by atoms with E-state index in [0.29, 0.717) is 28.8 Å². The molecule has 0 fully saturated rings. The molecule has 2 amide bonds. The number of hydrazine groups is 1. The minimum Gasteiger partial charge on any atom is -0.496 e. The normalized spacial score (nSPS) is 13.8. The van der Waals surface area contributed by atoms with Crippen LogP contribution in [0, 0.1) is 0 Å². The van der Waals surface area contributed by atoms with Gasteiger partial charge in [0.2, 0.25) is 0 Å². The lowest BCUT2D eigenvalue weighted by atomic mass is 9.94. The Labute approximate surface area is 128 Å². The first kappa shape index (κ1) is 14.5. The molecule has 0 unspecified atom stereocenters. The first-order chi connectivity index (χ1) is 10.7. The fourth-order valence-corrected chi connectivity index (χ4v) is 2.76. The zero-order valence-corrected chi connectivity index (χ0v) is 12.7. The predicted molar refractivity (Wildman–Crippen MR) is 83.9 cm³/mol. The van der Waals surface area contributed by atoms with Gasteiger partial charge in [-0.2, -0.15) is 0 Å². The van der Waals surface area contributed by atoms with Crippen molar-refractivity contribution in [3.63, 3.8) is 0 Å². The number of carbonyl (C=O) groups is 2. The third-order valence-electron chi connectivity index (χ3n) is 3.89. The monoisotopic (exact) mass is 298 g/mol. The Morgan fingerprint density at radius 1 is 1.09 bits per heavy atom. The van der Waals surface area contributed by atoms with E-state index in [1.165, 1.54) is 0 Å². The molecule has 0 saturated carbocycles. The molecule has 2 aromatic rings. The molecular weight excluding hydrogens is 280 g/mol. The maximum Gasteiger partial charge on any atom is 0.275 e. The van der Waals surface area contributed by atoms with Crippen LogP contribution >= 0.6 is 0 Å². The number of amides is 2. The van der Waals surface area contributed by atoms with Gasteiger partial charge in [0.05, 0.1) is 18.2 Å². The highest BCUT2D eigenvalue weighted by atomic mass is 16.5. The number of hydrogen-bond acceptors (Lipinski definition) is 4. The Morgan fingerprint density at radius 3 is 2.50 bits per heavy atom. The number of methoxy groups -OCH3 is 1. The fraction of sp³-hybridized carbons (Fsp3) is 0.294. The van der Waals surface area contributed by atoms with Crippen LogP contribution in [0.2, 0.25) is 0 Å². The standard InChI is InChI=1S/C17H18N2O3/c1-3-4-10-18-19-16(20)12-7-5-6-11-14(22-2)9-8-13(15(11)12)17(19)21/h5-9,18H,3-4,10H2,1-2H3. The maximum atomic E-state index is 12.6. The highest BCUT2D eigenvalue weighted by Gasteiger charge is 2.33. The number of nitrogens with zero attached hydrogens (tertiary/aromatic N) is 1. The molecule has 0 bridgehead atoms. The van der Waals surface area contributed by atoms with Gasteiger partial charge in [0, 0.05) is 17.3 Å². The van der Waals surface area contributed by atoms with Crippen LogP contribution in [0.4, 0.5) is 0 Å². The predicted octanol–water partition coefficient (Wildman–Crippen LogP) is 2.75. The van der Waals surface area contributed by atoms with Crippen molar-refractivity contribution in [1.29, 1.82) is 0 Å². The summed E-state index contributed by atoms with van der Waals surface area (Å²) in [4.78, 5) is 25.2. The van der Waals surface area contributed by atoms with Crippen molar-refractivity contribution in [2.45, 2.75) is 19.8 Å². The van der Waals surface area contributed by atoms with E-state index in [1.54, 1.807) is 25.3 Å². The molecule has 0 aliphatic carbocycles. The van der Waals surface area contributed by atoms with Gasteiger partial charge in [-0.15, -0.1) is 0 Å². The molecule has 2 aromatic carbocycles. The van der Waals surface area contributed by atoms with E-state index in [1.807, 2.05) is 12.1 Å². The van der Waals surface area contributed by atoms with Gasteiger partial charge in [0.25, 0.3) is 11.8 Å². The van der Waals surface area contributed by atoms with Crippen molar-refractivity contribution in [3.05, 3.63) is 41.5 Å². The average molecular weight is 298 g/mol. The van der Waals surface area contributed by atoms with E-state index >= 15 is 0 Å². The van der Waals surface area contributed by atoms with Gasteiger partial charge in [-0.25, -0.2) is 10.4 Å². The number of hydrogen-bond donors (Lipinski definition) is 1. The molecule has 22 heavy (non-hydrogen) atoms. The molecule has 0 aromatic heterocycles. The van der Waals surface area contributed by atoms with E-state index < -0.39 is 0 Å². The summed E-state index contributed by atoms with van der Waals surface area (Å²) in [6.07, 6.45) is 1.89. The Hall–Kier alpha value is -2.40. The SMILES string of the molecule is CCCCNN1C(=O)c2cccc3c(OC)ccc(c23)C1=O. The average Bonchev–Trinajstić information content (AvgIpc) is 2.55. The lowest BCUT2D eigenvalue weighted by molar-refractivity contribution is 0.0520. The quantitative estimate of drug-likeness (QED) is 0.681. The first-order valence-corrected chi connectivity index (χ1v) is 7.41. The maximum absolute atomic E-state index is 12.6. The van der Waals surface area contributed by atoms with Crippen LogP contribution in [0.25, 0.3) is 10.8 Å². The van der Waals surface area contributed by atoms with Gasteiger partial charge < -0.3 is 4.74 Å². The van der Waals surface area contributed by atoms with Crippen LogP contribution in [0.5, 0.6) is 5.75 Å². The molecule has 5 nitrogen and oxygen atoms in total. The molecule has 1 N–H and O–H groups in total. The fourth-order valence-electron chi connectivity index (χ4n) is 2.76. The van der Waals surface area contributed by atoms with Crippen molar-refractivity contribution in [3.8, 4) is 5.75 Å². The van der Waals surface area contributed by atoms with E-state index in [0.717, 1.165) is 23.2 Å². The molecule has 0 atom stereocenters. The smallest absolute Gasteiger partial charge is 0.275 e. The molecule has 114 valence electrons. The van der Waals surface area contributed by atoms with Crippen LogP contribution in [-0.4, -0.2) is 30.5 Å². The number of ether oxygens (including phenoxy) is 1. The summed E-state index contributed by atoms with van der Waals surface area (Å²) in [7, 11) is 1.58. The molecule has 1 heterocycles. The van der Waals surface area contributed by atoms with Crippen LogP contribution in [-0.2, 0) is 0 Å². The van der Waals surface area contributed by atoms with Crippen molar-refractivity contribution >= 4 is 22.6 Å². The Morgan fingerprint density at radius 2 is 1.82 bits per heavy atom. The Balaban J connectivity index is 2.11. The van der Waals surface area contributed by atoms with Crippen LogP contribution < -0.4 is 10.2 Å². The molecular formula is C17H18N2O3. The highest BCUT2D eigenvalue weighted by molar-refractivity contribution is 6.25. The number of carbonyl (C=O) groups excluding carboxylic acids is 2. The molecule has 1 aliphatic rings. The Bertz CT molecular complexity index is 733. The number of unbranched alkanes of at least 4 members (excludes halogenated alkanes) is 1. The molecule has 1 aliphatic heterocycles. The minimum atomic E-state index is -0.313. The van der Waals surface area contributed by atoms with Gasteiger partial charge in [0.15, 0.2) is 0 Å². The molecule has 0 saturated heterocycles. The van der Waals surface area contributed by atoms with E-state index in [4.69, 9.17) is 4.74 Å². The molecule has 5 heteroatoms. The van der Waals surface area contributed by atoms with E-state index in [9.17, 15) is 9.59 Å². The topological polar surface area (TPSA) is 58.6 Å². The summed E-state index contributed by atoms with van der Waals surface area (Å²) in [5.41, 5.74) is 3.98. The highest BCUT2D eigenvalue weighted by Crippen LogP contribution is 2.34. The lowest BCUT2D eigenvalue weighted by Crippen LogP contribution is -2.49. The van der Waals surface area contributed by atoms with E-state index in [-0.39, 0.29) is 11.8 Å². The molecule has 3 rings (SSSR count). The summed E-state index contributed by atoms with van der Waals surface area (Å²) in [5, 5.41) is 2.58. The zero-order chi connectivity index (χ0) is 15.7. The van der Waals surface area contributed by atoms with Crippen molar-refractivity contribution in [2.24, 2.45) is 0 Å². The van der Waals surface area contributed by atoms with Crippen LogP contribution in [0.1, 0.15) is 40.5 Å². The van der Waals surface area contributed by atoms with Gasteiger partial charge in [-0.3, -0.25) is 9.59 Å². The van der Waals surface area contributed by atoms with Crippen molar-refractivity contribution < 1.29 is 14.3 Å². The third-order valence-corrected chi connectivity index (χ3v) is 3.89. The summed E-state index contributed by atoms with van der Waals surface area (Å²) < 4.78 is 5.33. The summed E-state index contributed by atoms with van der Waals surface area (Å²) in [6, 6.07) is 8.89. The van der Waals surface area contributed by atoms with Gasteiger partial charge in [0.1, 0.15) is 5.75 Å². The summed E-state index contributed by atoms with van der Waals surface area (Å²) >= 11 is 0. The number of imide groups is 1. The largest absolute Gasteiger partial charge is 0.496 e. The second kappa shape index (κ2) is 5.77. The number of benzene rings is 2. The molecule has 0 spiro atoms. The second-order valence-electron chi connectivity index (χ2n) is 5.25. The van der Waals surface area contributed by atoms with E-state index in [2.05, 4.69) is 12.3 Å². The zero-order valence-electron chi connectivity index (χ0n) is 12.7. The Kier molecular flexibility index (Phi) is 3.81. The number of nitrogens with one attached hydrogen (secondary N) is 1. The first-order valence-electron chi connectivity index (χ1n) is 7.41. The minimum absolute atomic E-state index is 0.313. The van der Waals surface area contributed by atoms with Crippen LogP contribution in [0.3, 0.4) is 0 Å². The van der Waals surface area contributed by atoms with Gasteiger partial charge in [-0.05, 0) is 24.6 Å². The van der Waals surface area contributed by atoms with Crippen molar-refractivity contribution in [1.82, 2.24) is 10.4 Å². The second-order valence-corrected chi connectivity index (χ2v) is 5.25. The van der Waals surface area contributed by atoms with Gasteiger partial charge in [-0.1, -0.05) is 25.5 Å². The number of rotatable bonds is 5. The third kappa shape index (κ3) is 2.14. The molecule has 0 radical (unpaired) electrons. The van der Waals surface area contributed by atoms with Crippen molar-refractivity contribution in [2.75, 3.05) is 13.7 Å². The lowest BCUT2D eigenvalue weighted by Gasteiger charge is -2.27. The summed E-state index contributed by atoms with van der Waals surface area (Å²) in [5.74, 6) is 0.0357. The van der Waals surface area contributed by atoms with Crippen LogP contribution in [0.15, 0.2) is 30.3 Å².